The fraction of sp³-hybridized carbons (Fsp3) is 0.400. The van der Waals surface area contributed by atoms with Crippen LogP contribution in [0.15, 0.2) is 46.2 Å². The first kappa shape index (κ1) is 14.2. The van der Waals surface area contributed by atoms with E-state index in [2.05, 4.69) is 36.3 Å². The Hall–Kier alpha value is -1.26. The van der Waals surface area contributed by atoms with E-state index in [4.69, 9.17) is 4.42 Å². The lowest BCUT2D eigenvalue weighted by atomic mass is 10.2. The van der Waals surface area contributed by atoms with E-state index in [-0.39, 0.29) is 0 Å². The van der Waals surface area contributed by atoms with Crippen LogP contribution in [0.5, 0.6) is 0 Å². The van der Waals surface area contributed by atoms with Crippen LogP contribution < -0.4 is 5.32 Å². The van der Waals surface area contributed by atoms with Gasteiger partial charge in [-0.15, -0.1) is 0 Å². The maximum Gasteiger partial charge on any atom is 0.114 e. The van der Waals surface area contributed by atoms with Gasteiger partial charge in [-0.2, -0.15) is 0 Å². The zero-order valence-corrected chi connectivity index (χ0v) is 12.2. The highest BCUT2D eigenvalue weighted by Crippen LogP contribution is 2.20. The van der Waals surface area contributed by atoms with Crippen LogP contribution in [0.4, 0.5) is 0 Å². The quantitative estimate of drug-likeness (QED) is 0.782. The molecule has 0 saturated heterocycles. The third-order valence-corrected chi connectivity index (χ3v) is 3.59. The van der Waals surface area contributed by atoms with Crippen molar-refractivity contribution in [3.8, 4) is 0 Å². The number of rotatable bonds is 7. The summed E-state index contributed by atoms with van der Waals surface area (Å²) in [6.45, 7) is 6.34. The molecule has 0 atom stereocenters. The van der Waals surface area contributed by atoms with E-state index < -0.39 is 0 Å². The van der Waals surface area contributed by atoms with Crippen molar-refractivity contribution in [3.05, 3.63) is 48.0 Å². The van der Waals surface area contributed by atoms with Gasteiger partial charge in [-0.3, -0.25) is 0 Å². The van der Waals surface area contributed by atoms with E-state index in [9.17, 15) is 0 Å². The van der Waals surface area contributed by atoms with Crippen LogP contribution in [0.25, 0.3) is 0 Å². The minimum Gasteiger partial charge on any atom is -0.468 e. The van der Waals surface area contributed by atoms with Crippen molar-refractivity contribution in [2.75, 3.05) is 6.54 Å². The number of hydrogen-bond donors (Lipinski definition) is 1. The monoisotopic (exact) mass is 276 g/mol. The van der Waals surface area contributed by atoms with Crippen LogP contribution in [0.2, 0.25) is 0 Å². The molecule has 3 nitrogen and oxygen atoms in total. The molecular formula is C15H20N2OS. The normalized spacial score (nSPS) is 11.1. The number of nitrogens with zero attached hydrogens (tertiary/aromatic N) is 1. The highest BCUT2D eigenvalue weighted by Gasteiger charge is 2.01. The summed E-state index contributed by atoms with van der Waals surface area (Å²) >= 11 is 1.69. The Labute approximate surface area is 118 Å². The van der Waals surface area contributed by atoms with Gasteiger partial charge in [0.05, 0.1) is 17.0 Å². The molecule has 0 unspecified atom stereocenters. The molecule has 0 aliphatic rings. The number of furan rings is 1. The highest BCUT2D eigenvalue weighted by atomic mass is 32.2. The molecule has 102 valence electrons. The molecule has 0 radical (unpaired) electrons. The Balaban J connectivity index is 1.77. The lowest BCUT2D eigenvalue weighted by Crippen LogP contribution is -2.18. The van der Waals surface area contributed by atoms with Crippen molar-refractivity contribution in [1.29, 1.82) is 0 Å². The highest BCUT2D eigenvalue weighted by molar-refractivity contribution is 7.98. The Kier molecular flexibility index (Phi) is 5.48. The van der Waals surface area contributed by atoms with Gasteiger partial charge in [-0.1, -0.05) is 31.7 Å². The second kappa shape index (κ2) is 7.36. The minimum atomic E-state index is 0.677. The molecule has 4 heteroatoms. The molecular weight excluding hydrogens is 256 g/mol. The third kappa shape index (κ3) is 5.09. The molecule has 19 heavy (non-hydrogen) atoms. The van der Waals surface area contributed by atoms with Crippen molar-refractivity contribution in [1.82, 2.24) is 10.3 Å². The maximum atomic E-state index is 5.30. The Morgan fingerprint density at radius 1 is 1.32 bits per heavy atom. The standard InChI is InChI=1S/C15H20N2OS/c1-12(2)8-16-9-13-5-6-15(17-10-13)19-11-14-4-3-7-18-14/h3-7,10,12,16H,8-9,11H2,1-2H3. The van der Waals surface area contributed by atoms with E-state index >= 15 is 0 Å². The molecule has 2 rings (SSSR count). The van der Waals surface area contributed by atoms with E-state index in [0.717, 1.165) is 29.6 Å². The molecule has 0 aliphatic carbocycles. The minimum absolute atomic E-state index is 0.677. The average molecular weight is 276 g/mol. The molecule has 0 aliphatic heterocycles. The fourth-order valence-corrected chi connectivity index (χ4v) is 2.39. The summed E-state index contributed by atoms with van der Waals surface area (Å²) in [7, 11) is 0. The summed E-state index contributed by atoms with van der Waals surface area (Å²) in [5.74, 6) is 2.48. The van der Waals surface area contributed by atoms with Crippen LogP contribution in [-0.4, -0.2) is 11.5 Å². The average Bonchev–Trinajstić information content (AvgIpc) is 2.90. The zero-order valence-electron chi connectivity index (χ0n) is 11.4. The van der Waals surface area contributed by atoms with Gasteiger partial charge in [0.1, 0.15) is 5.76 Å². The van der Waals surface area contributed by atoms with Gasteiger partial charge in [-0.05, 0) is 36.2 Å². The first-order valence-electron chi connectivity index (χ1n) is 6.55. The second-order valence-corrected chi connectivity index (χ2v) is 5.89. The molecule has 0 bridgehead atoms. The summed E-state index contributed by atoms with van der Waals surface area (Å²) in [6.07, 6.45) is 3.64. The first-order chi connectivity index (χ1) is 9.24. The molecule has 0 amide bonds. The third-order valence-electron chi connectivity index (χ3n) is 2.62. The summed E-state index contributed by atoms with van der Waals surface area (Å²) < 4.78 is 5.30. The number of aromatic nitrogens is 1. The van der Waals surface area contributed by atoms with Crippen LogP contribution in [0.3, 0.4) is 0 Å². The maximum absolute atomic E-state index is 5.30. The molecule has 1 N–H and O–H groups in total. The summed E-state index contributed by atoms with van der Waals surface area (Å²) in [4.78, 5) is 4.46. The lowest BCUT2D eigenvalue weighted by molar-refractivity contribution is 0.530. The van der Waals surface area contributed by atoms with Gasteiger partial charge < -0.3 is 9.73 Å². The predicted molar refractivity (Wildman–Crippen MR) is 79.1 cm³/mol. The van der Waals surface area contributed by atoms with Crippen LogP contribution in [-0.2, 0) is 12.3 Å². The largest absolute Gasteiger partial charge is 0.468 e. The Morgan fingerprint density at radius 2 is 2.21 bits per heavy atom. The van der Waals surface area contributed by atoms with Crippen molar-refractivity contribution in [3.63, 3.8) is 0 Å². The molecule has 0 fully saturated rings. The second-order valence-electron chi connectivity index (χ2n) is 4.90. The van der Waals surface area contributed by atoms with Gasteiger partial charge in [0, 0.05) is 12.7 Å². The fourth-order valence-electron chi connectivity index (χ4n) is 1.65. The molecule has 2 aromatic rings. The van der Waals surface area contributed by atoms with Crippen molar-refractivity contribution in [2.24, 2.45) is 5.92 Å². The number of hydrogen-bond acceptors (Lipinski definition) is 4. The van der Waals surface area contributed by atoms with Gasteiger partial charge in [-0.25, -0.2) is 4.98 Å². The van der Waals surface area contributed by atoms with Crippen LogP contribution in [0, 0.1) is 5.92 Å². The van der Waals surface area contributed by atoms with Crippen LogP contribution in [0.1, 0.15) is 25.2 Å². The van der Waals surface area contributed by atoms with E-state index in [1.54, 1.807) is 18.0 Å². The molecule has 0 aromatic carbocycles. The summed E-state index contributed by atoms with van der Waals surface area (Å²) in [5, 5.41) is 4.44. The summed E-state index contributed by atoms with van der Waals surface area (Å²) in [6, 6.07) is 8.09. The van der Waals surface area contributed by atoms with Crippen molar-refractivity contribution >= 4 is 11.8 Å². The first-order valence-corrected chi connectivity index (χ1v) is 7.53. The smallest absolute Gasteiger partial charge is 0.114 e. The van der Waals surface area contributed by atoms with Crippen molar-refractivity contribution in [2.45, 2.75) is 31.2 Å². The van der Waals surface area contributed by atoms with E-state index in [1.165, 1.54) is 5.56 Å². The number of nitrogens with one attached hydrogen (secondary N) is 1. The molecule has 2 aromatic heterocycles. The Bertz CT molecular complexity index is 465. The predicted octanol–water partition coefficient (Wildman–Crippen LogP) is 3.71. The van der Waals surface area contributed by atoms with Gasteiger partial charge in [0.15, 0.2) is 0 Å². The van der Waals surface area contributed by atoms with E-state index in [0.29, 0.717) is 5.92 Å². The lowest BCUT2D eigenvalue weighted by Gasteiger charge is -2.07. The van der Waals surface area contributed by atoms with Gasteiger partial charge in [0.25, 0.3) is 0 Å². The summed E-state index contributed by atoms with van der Waals surface area (Å²) in [5.41, 5.74) is 1.22. The Morgan fingerprint density at radius 3 is 2.84 bits per heavy atom. The SMILES string of the molecule is CC(C)CNCc1ccc(SCc2ccco2)nc1. The molecule has 0 saturated carbocycles. The molecule has 0 spiro atoms. The van der Waals surface area contributed by atoms with Gasteiger partial charge in [0.2, 0.25) is 0 Å². The van der Waals surface area contributed by atoms with E-state index in [1.807, 2.05) is 18.3 Å². The molecule has 2 heterocycles. The van der Waals surface area contributed by atoms with Crippen molar-refractivity contribution < 1.29 is 4.42 Å². The topological polar surface area (TPSA) is 38.1 Å². The number of thioether (sulfide) groups is 1. The zero-order chi connectivity index (χ0) is 13.5. The van der Waals surface area contributed by atoms with Gasteiger partial charge >= 0.3 is 0 Å². The van der Waals surface area contributed by atoms with Crippen LogP contribution >= 0.6 is 11.8 Å². The number of pyridine rings is 1.